The van der Waals surface area contributed by atoms with E-state index >= 15 is 0 Å². The molecule has 23 heavy (non-hydrogen) atoms. The van der Waals surface area contributed by atoms with Crippen LogP contribution in [0.1, 0.15) is 24.0 Å². The van der Waals surface area contributed by atoms with Crippen LogP contribution in [0.2, 0.25) is 0 Å². The van der Waals surface area contributed by atoms with Gasteiger partial charge in [-0.3, -0.25) is 0 Å². The maximum Gasteiger partial charge on any atom is 0.407 e. The van der Waals surface area contributed by atoms with Crippen molar-refractivity contribution in [3.8, 4) is 0 Å². The molecule has 8 nitrogen and oxygen atoms in total. The number of carbonyl (C=O) groups excluding carboxylic acids is 1. The van der Waals surface area contributed by atoms with Gasteiger partial charge in [-0.2, -0.15) is 0 Å². The highest BCUT2D eigenvalue weighted by Crippen LogP contribution is 2.33. The average molecular weight is 343 g/mol. The van der Waals surface area contributed by atoms with E-state index in [-0.39, 0.29) is 12.0 Å². The van der Waals surface area contributed by atoms with Crippen molar-refractivity contribution in [2.24, 2.45) is 5.92 Å². The summed E-state index contributed by atoms with van der Waals surface area (Å²) in [6, 6.07) is 0. The fourth-order valence-corrected chi connectivity index (χ4v) is 3.40. The van der Waals surface area contributed by atoms with E-state index in [0.717, 1.165) is 17.8 Å². The van der Waals surface area contributed by atoms with Crippen LogP contribution in [0.4, 0.5) is 9.59 Å². The van der Waals surface area contributed by atoms with E-state index in [2.05, 4.69) is 15.0 Å². The van der Waals surface area contributed by atoms with Crippen molar-refractivity contribution in [1.82, 2.24) is 15.2 Å². The topological polar surface area (TPSA) is 101 Å². The Morgan fingerprint density at radius 3 is 3.09 bits per heavy atom. The minimum absolute atomic E-state index is 0.0594. The molecule has 1 aliphatic rings. The molecule has 2 N–H and O–H groups in total. The first kappa shape index (κ1) is 17.5. The largest absolute Gasteiger partial charge is 0.465 e. The van der Waals surface area contributed by atoms with Gasteiger partial charge in [-0.05, 0) is 12.8 Å². The first-order valence-electron chi connectivity index (χ1n) is 7.42. The molecule has 2 amide bonds. The molecule has 2 atom stereocenters. The van der Waals surface area contributed by atoms with E-state index in [0.29, 0.717) is 26.2 Å². The Balaban J connectivity index is 1.95. The van der Waals surface area contributed by atoms with Gasteiger partial charge in [0.05, 0.1) is 13.7 Å². The van der Waals surface area contributed by atoms with Gasteiger partial charge in [-0.15, -0.1) is 11.3 Å². The number of thiazole rings is 1. The third-order valence-electron chi connectivity index (χ3n) is 3.71. The quantitative estimate of drug-likeness (QED) is 0.766. The van der Waals surface area contributed by atoms with Crippen LogP contribution in [-0.4, -0.2) is 60.5 Å². The number of ether oxygens (including phenoxy) is 2. The van der Waals surface area contributed by atoms with Crippen LogP contribution in [0, 0.1) is 5.92 Å². The van der Waals surface area contributed by atoms with Crippen LogP contribution < -0.4 is 5.32 Å². The first-order chi connectivity index (χ1) is 11.1. The van der Waals surface area contributed by atoms with Crippen LogP contribution in [0.15, 0.2) is 11.6 Å². The highest BCUT2D eigenvalue weighted by atomic mass is 32.1. The van der Waals surface area contributed by atoms with Crippen molar-refractivity contribution in [2.45, 2.75) is 18.9 Å². The van der Waals surface area contributed by atoms with Crippen molar-refractivity contribution < 1.29 is 24.2 Å². The molecule has 1 fully saturated rings. The lowest BCUT2D eigenvalue weighted by Gasteiger charge is -2.34. The first-order valence-corrected chi connectivity index (χ1v) is 8.30. The molecular weight excluding hydrogens is 322 g/mol. The number of alkyl carbamates (subject to hydrolysis) is 1. The molecule has 2 heterocycles. The van der Waals surface area contributed by atoms with E-state index in [1.54, 1.807) is 6.20 Å². The van der Waals surface area contributed by atoms with Gasteiger partial charge in [0.1, 0.15) is 11.1 Å². The molecule has 1 unspecified atom stereocenters. The fraction of sp³-hybridized carbons (Fsp3) is 0.643. The number of likely N-dealkylation sites (tertiary alicyclic amines) is 1. The van der Waals surface area contributed by atoms with Gasteiger partial charge in [0.2, 0.25) is 0 Å². The Hall–Kier alpha value is -1.87. The number of hydrogen-bond donors (Lipinski definition) is 2. The van der Waals surface area contributed by atoms with Crippen LogP contribution >= 0.6 is 11.3 Å². The van der Waals surface area contributed by atoms with Gasteiger partial charge in [0.15, 0.2) is 0 Å². The lowest BCUT2D eigenvalue weighted by molar-refractivity contribution is -0.0118. The summed E-state index contributed by atoms with van der Waals surface area (Å²) in [6.07, 6.45) is 1.73. The Kier molecular flexibility index (Phi) is 6.60. The lowest BCUT2D eigenvalue weighted by atomic mass is 9.93. The van der Waals surface area contributed by atoms with Crippen LogP contribution in [-0.2, 0) is 9.47 Å². The highest BCUT2D eigenvalue weighted by molar-refractivity contribution is 7.09. The van der Waals surface area contributed by atoms with E-state index in [1.807, 2.05) is 5.38 Å². The smallest absolute Gasteiger partial charge is 0.407 e. The molecule has 128 valence electrons. The Bertz CT molecular complexity index is 511. The number of carbonyl (C=O) groups is 2. The Morgan fingerprint density at radius 2 is 2.43 bits per heavy atom. The van der Waals surface area contributed by atoms with Gasteiger partial charge in [-0.25, -0.2) is 14.6 Å². The minimum atomic E-state index is -0.903. The number of carboxylic acid groups (broad SMARTS) is 1. The van der Waals surface area contributed by atoms with Crippen molar-refractivity contribution in [3.05, 3.63) is 16.6 Å². The summed E-state index contributed by atoms with van der Waals surface area (Å²) in [4.78, 5) is 28.0. The zero-order chi connectivity index (χ0) is 16.7. The number of methoxy groups -OCH3 is 1. The standard InChI is InChI=1S/C14H21N3O5S/c1-21-13(18)16-4-7-22-11(12-15-5-8-23-12)10-3-2-6-17(9-10)14(19)20/h5,8,10-11H,2-4,6-7,9H2,1H3,(H,16,18)(H,19,20)/t10?,11-/m1/s1. The van der Waals surface area contributed by atoms with Gasteiger partial charge in [0, 0.05) is 37.1 Å². The zero-order valence-electron chi connectivity index (χ0n) is 12.9. The number of rotatable bonds is 6. The van der Waals surface area contributed by atoms with Crippen LogP contribution in [0.25, 0.3) is 0 Å². The summed E-state index contributed by atoms with van der Waals surface area (Å²) in [6.45, 7) is 1.62. The molecule has 1 aliphatic heterocycles. The maximum absolute atomic E-state index is 11.2. The monoisotopic (exact) mass is 343 g/mol. The Labute approximate surface area is 138 Å². The molecule has 0 radical (unpaired) electrons. The normalized spacial score (nSPS) is 19.2. The Morgan fingerprint density at radius 1 is 1.61 bits per heavy atom. The number of aromatic nitrogens is 1. The number of piperidine rings is 1. The van der Waals surface area contributed by atoms with Crippen LogP contribution in [0.5, 0.6) is 0 Å². The van der Waals surface area contributed by atoms with Crippen molar-refractivity contribution in [1.29, 1.82) is 0 Å². The second-order valence-corrected chi connectivity index (χ2v) is 6.14. The molecule has 9 heteroatoms. The second kappa shape index (κ2) is 8.68. The van der Waals surface area contributed by atoms with Crippen molar-refractivity contribution in [2.75, 3.05) is 33.4 Å². The number of nitrogens with zero attached hydrogens (tertiary/aromatic N) is 2. The number of nitrogens with one attached hydrogen (secondary N) is 1. The maximum atomic E-state index is 11.2. The molecule has 0 bridgehead atoms. The highest BCUT2D eigenvalue weighted by Gasteiger charge is 2.32. The molecule has 0 spiro atoms. The van der Waals surface area contributed by atoms with Gasteiger partial charge >= 0.3 is 12.2 Å². The average Bonchev–Trinajstić information content (AvgIpc) is 3.08. The SMILES string of the molecule is COC(=O)NCCO[C@@H](c1nccs1)C1CCCN(C(=O)O)C1. The lowest BCUT2D eigenvalue weighted by Crippen LogP contribution is -2.41. The number of hydrogen-bond acceptors (Lipinski definition) is 6. The van der Waals surface area contributed by atoms with E-state index < -0.39 is 12.2 Å². The third kappa shape index (κ3) is 5.07. The van der Waals surface area contributed by atoms with E-state index in [1.165, 1.54) is 23.3 Å². The third-order valence-corrected chi connectivity index (χ3v) is 4.54. The van der Waals surface area contributed by atoms with E-state index in [4.69, 9.17) is 4.74 Å². The van der Waals surface area contributed by atoms with Gasteiger partial charge < -0.3 is 24.8 Å². The molecule has 0 aliphatic carbocycles. The zero-order valence-corrected chi connectivity index (χ0v) is 13.8. The predicted molar refractivity (Wildman–Crippen MR) is 83.5 cm³/mol. The predicted octanol–water partition coefficient (Wildman–Crippen LogP) is 1.95. The summed E-state index contributed by atoms with van der Waals surface area (Å²) >= 11 is 1.49. The van der Waals surface area contributed by atoms with Crippen molar-refractivity contribution >= 4 is 23.5 Å². The summed E-state index contributed by atoms with van der Waals surface area (Å²) in [5.74, 6) is 0.0594. The second-order valence-electron chi connectivity index (χ2n) is 5.21. The molecule has 2 rings (SSSR count). The molecule has 0 saturated carbocycles. The van der Waals surface area contributed by atoms with E-state index in [9.17, 15) is 14.7 Å². The summed E-state index contributed by atoms with van der Waals surface area (Å²) in [5.41, 5.74) is 0. The molecule has 0 aromatic carbocycles. The van der Waals surface area contributed by atoms with Crippen LogP contribution in [0.3, 0.4) is 0 Å². The summed E-state index contributed by atoms with van der Waals surface area (Å²) < 4.78 is 10.4. The summed E-state index contributed by atoms with van der Waals surface area (Å²) in [7, 11) is 1.30. The van der Waals surface area contributed by atoms with Gasteiger partial charge in [-0.1, -0.05) is 0 Å². The van der Waals surface area contributed by atoms with Gasteiger partial charge in [0.25, 0.3) is 0 Å². The number of amides is 2. The molecular formula is C14H21N3O5S. The molecule has 1 saturated heterocycles. The summed E-state index contributed by atoms with van der Waals surface area (Å²) in [5, 5.41) is 14.4. The van der Waals surface area contributed by atoms with Crippen molar-refractivity contribution in [3.63, 3.8) is 0 Å². The molecule has 1 aromatic heterocycles. The fourth-order valence-electron chi connectivity index (χ4n) is 2.63. The molecule has 1 aromatic rings. The minimum Gasteiger partial charge on any atom is -0.465 e.